The van der Waals surface area contributed by atoms with E-state index in [4.69, 9.17) is 20.9 Å². The van der Waals surface area contributed by atoms with Gasteiger partial charge in [-0.15, -0.1) is 9.05 Å². The third-order valence-corrected chi connectivity index (χ3v) is 6.81. The highest BCUT2D eigenvalue weighted by atomic mass is 32.4. The average molecular weight is 434 g/mol. The molecular weight excluding hydrogens is 383 g/mol. The Morgan fingerprint density at radius 3 is 0.964 bits per heavy atom. The molecule has 0 unspecified atom stereocenters. The molecule has 0 aliphatic carbocycles. The van der Waals surface area contributed by atoms with Crippen molar-refractivity contribution < 1.29 is 9.05 Å². The first-order chi connectivity index (χ1) is 13.8. The lowest BCUT2D eigenvalue weighted by molar-refractivity contribution is 0.254. The highest BCUT2D eigenvalue weighted by Crippen LogP contribution is 2.25. The van der Waals surface area contributed by atoms with Crippen molar-refractivity contribution in [2.75, 3.05) is 13.2 Å². The second-order valence-electron chi connectivity index (χ2n) is 8.25. The molecule has 0 radical (unpaired) electrons. The summed E-state index contributed by atoms with van der Waals surface area (Å²) >= 11 is 5.30. The van der Waals surface area contributed by atoms with E-state index in [1.165, 1.54) is 116 Å². The van der Waals surface area contributed by atoms with Crippen molar-refractivity contribution in [3.8, 4) is 0 Å². The van der Waals surface area contributed by atoms with E-state index in [0.717, 1.165) is 26.1 Å². The van der Waals surface area contributed by atoms with Gasteiger partial charge in [0.25, 0.3) is 0 Å². The normalized spacial score (nSPS) is 11.2. The first-order valence-corrected chi connectivity index (χ1v) is 14.7. The van der Waals surface area contributed by atoms with Crippen molar-refractivity contribution in [2.24, 2.45) is 0 Å². The second-order valence-corrected chi connectivity index (χ2v) is 10.1. The third-order valence-electron chi connectivity index (χ3n) is 5.39. The minimum absolute atomic E-state index is 0.781. The van der Waals surface area contributed by atoms with Gasteiger partial charge in [0.15, 0.2) is 0 Å². The molecule has 0 saturated heterocycles. The summed E-state index contributed by atoms with van der Waals surface area (Å²) < 4.78 is 11.3. The van der Waals surface area contributed by atoms with E-state index in [1.807, 2.05) is 0 Å². The van der Waals surface area contributed by atoms with E-state index in [2.05, 4.69) is 13.8 Å². The number of hydrogen-bond donors (Lipinski definition) is 0. The van der Waals surface area contributed by atoms with Gasteiger partial charge in [0.2, 0.25) is 11.8 Å². The van der Waals surface area contributed by atoms with Crippen LogP contribution in [-0.4, -0.2) is 13.2 Å². The van der Waals surface area contributed by atoms with Crippen molar-refractivity contribution in [2.45, 2.75) is 142 Å². The Morgan fingerprint density at radius 2 is 0.679 bits per heavy atom. The molecule has 4 heteroatoms. The maximum atomic E-state index is 5.66. The lowest BCUT2D eigenvalue weighted by Crippen LogP contribution is -1.92. The van der Waals surface area contributed by atoms with E-state index >= 15 is 0 Å². The molecular formula is C24H50O2PS+. The fraction of sp³-hybridized carbons (Fsp3) is 1.00. The molecule has 0 amide bonds. The Bertz CT molecular complexity index is 285. The summed E-state index contributed by atoms with van der Waals surface area (Å²) in [4.78, 5) is 0. The van der Waals surface area contributed by atoms with Crippen molar-refractivity contribution in [1.29, 1.82) is 0 Å². The molecule has 0 aliphatic heterocycles. The topological polar surface area (TPSA) is 18.5 Å². The fourth-order valence-electron chi connectivity index (χ4n) is 3.49. The van der Waals surface area contributed by atoms with Crippen LogP contribution in [0.5, 0.6) is 0 Å². The summed E-state index contributed by atoms with van der Waals surface area (Å²) in [6.45, 7) is 6.12. The Labute approximate surface area is 183 Å². The molecule has 0 N–H and O–H groups in total. The molecule has 0 aromatic heterocycles. The molecule has 0 spiro atoms. The number of rotatable bonds is 24. The molecule has 0 rings (SSSR count). The molecule has 28 heavy (non-hydrogen) atoms. The van der Waals surface area contributed by atoms with Crippen molar-refractivity contribution >= 4 is 19.0 Å². The van der Waals surface area contributed by atoms with Gasteiger partial charge in [0.1, 0.15) is 13.2 Å². The van der Waals surface area contributed by atoms with Gasteiger partial charge in [-0.2, -0.15) is 0 Å². The highest BCUT2D eigenvalue weighted by Gasteiger charge is 2.12. The predicted molar refractivity (Wildman–Crippen MR) is 130 cm³/mol. The summed E-state index contributed by atoms with van der Waals surface area (Å²) in [5.74, 6) is 0. The van der Waals surface area contributed by atoms with Gasteiger partial charge in [0, 0.05) is 0 Å². The van der Waals surface area contributed by atoms with Gasteiger partial charge in [-0.3, -0.25) is 0 Å². The Kier molecular flexibility index (Phi) is 25.9. The third kappa shape index (κ3) is 24.5. The summed E-state index contributed by atoms with van der Waals surface area (Å²) in [5.41, 5.74) is 0. The lowest BCUT2D eigenvalue weighted by Gasteiger charge is -2.01. The maximum Gasteiger partial charge on any atom is 0.521 e. The van der Waals surface area contributed by atoms with E-state index in [-0.39, 0.29) is 0 Å². The molecule has 0 saturated carbocycles. The van der Waals surface area contributed by atoms with Gasteiger partial charge in [-0.1, -0.05) is 129 Å². The van der Waals surface area contributed by atoms with Crippen LogP contribution in [0.1, 0.15) is 142 Å². The van der Waals surface area contributed by atoms with Gasteiger partial charge in [-0.25, -0.2) is 0 Å². The average Bonchev–Trinajstić information content (AvgIpc) is 2.70. The maximum absolute atomic E-state index is 5.66. The number of unbranched alkanes of at least 4 members (excludes halogenated alkanes) is 18. The van der Waals surface area contributed by atoms with E-state index in [1.54, 1.807) is 0 Å². The smallest absolute Gasteiger partial charge is 0.142 e. The Balaban J connectivity index is 3.13. The lowest BCUT2D eigenvalue weighted by atomic mass is 10.1. The molecule has 0 fully saturated rings. The zero-order chi connectivity index (χ0) is 20.5. The molecule has 0 aromatic rings. The number of hydrogen-bond acceptors (Lipinski definition) is 3. The molecule has 0 atom stereocenters. The SMILES string of the molecule is CCCCCCCCCCCCO[P+](=S)OCCCCCCCCCCCC. The zero-order valence-electron chi connectivity index (χ0n) is 19.2. The van der Waals surface area contributed by atoms with Crippen LogP contribution in [0.15, 0.2) is 0 Å². The minimum Gasteiger partial charge on any atom is -0.142 e. The van der Waals surface area contributed by atoms with Crippen LogP contribution in [0.4, 0.5) is 0 Å². The van der Waals surface area contributed by atoms with Crippen LogP contribution in [0.3, 0.4) is 0 Å². The molecule has 0 aromatic carbocycles. The summed E-state index contributed by atoms with van der Waals surface area (Å²) in [6.07, 6.45) is 27.1. The van der Waals surface area contributed by atoms with Gasteiger partial charge in [0.05, 0.1) is 0 Å². The monoisotopic (exact) mass is 433 g/mol. The predicted octanol–water partition coefficient (Wildman–Crippen LogP) is 9.64. The zero-order valence-corrected chi connectivity index (χ0v) is 20.9. The first-order valence-electron chi connectivity index (χ1n) is 12.5. The molecule has 0 heterocycles. The first kappa shape index (κ1) is 28.4. The van der Waals surface area contributed by atoms with Crippen LogP contribution in [0.2, 0.25) is 0 Å². The summed E-state index contributed by atoms with van der Waals surface area (Å²) in [5, 5.41) is 0. The van der Waals surface area contributed by atoms with E-state index in [9.17, 15) is 0 Å². The standard InChI is InChI=1S/C24H50O2PS/c1-3-5-7-9-11-13-15-17-19-21-23-25-27(28)26-24-22-20-18-16-14-12-10-8-6-4-2/h3-24H2,1-2H3/q+1. The van der Waals surface area contributed by atoms with Gasteiger partial charge in [-0.05, 0) is 12.8 Å². The van der Waals surface area contributed by atoms with E-state index < -0.39 is 7.15 Å². The van der Waals surface area contributed by atoms with Gasteiger partial charge < -0.3 is 0 Å². The second kappa shape index (κ2) is 25.5. The Hall–Kier alpha value is 0.440. The highest BCUT2D eigenvalue weighted by molar-refractivity contribution is 8.00. The van der Waals surface area contributed by atoms with Crippen LogP contribution in [0.25, 0.3) is 0 Å². The molecule has 0 aliphatic rings. The quantitative estimate of drug-likeness (QED) is 0.111. The largest absolute Gasteiger partial charge is 0.521 e. The van der Waals surface area contributed by atoms with Crippen molar-refractivity contribution in [1.82, 2.24) is 0 Å². The van der Waals surface area contributed by atoms with Crippen LogP contribution < -0.4 is 0 Å². The minimum atomic E-state index is -1.07. The van der Waals surface area contributed by atoms with Crippen LogP contribution in [-0.2, 0) is 20.9 Å². The Morgan fingerprint density at radius 1 is 0.429 bits per heavy atom. The van der Waals surface area contributed by atoms with Crippen LogP contribution in [0, 0.1) is 0 Å². The molecule has 168 valence electrons. The molecule has 0 bridgehead atoms. The molecule has 2 nitrogen and oxygen atoms in total. The van der Waals surface area contributed by atoms with Gasteiger partial charge >= 0.3 is 7.15 Å². The van der Waals surface area contributed by atoms with Crippen LogP contribution >= 0.6 is 7.15 Å². The summed E-state index contributed by atoms with van der Waals surface area (Å²) in [7, 11) is -1.07. The van der Waals surface area contributed by atoms with Crippen molar-refractivity contribution in [3.63, 3.8) is 0 Å². The van der Waals surface area contributed by atoms with E-state index in [0.29, 0.717) is 0 Å². The summed E-state index contributed by atoms with van der Waals surface area (Å²) in [6, 6.07) is 0. The fourth-order valence-corrected chi connectivity index (χ4v) is 4.57. The van der Waals surface area contributed by atoms with Crippen molar-refractivity contribution in [3.05, 3.63) is 0 Å².